The van der Waals surface area contributed by atoms with Crippen LogP contribution in [0.4, 0.5) is 5.69 Å². The number of nitrogens with one attached hydrogen (secondary N) is 2. The Morgan fingerprint density at radius 3 is 2.90 bits per heavy atom. The molecule has 3 aromatic rings. The summed E-state index contributed by atoms with van der Waals surface area (Å²) >= 11 is 4.63. The lowest BCUT2D eigenvalue weighted by atomic mass is 10.2. The van der Waals surface area contributed by atoms with Crippen LogP contribution in [0.15, 0.2) is 59.8 Å². The Morgan fingerprint density at radius 2 is 2.14 bits per heavy atom. The average molecular weight is 452 g/mol. The Labute approximate surface area is 176 Å². The zero-order valence-corrected chi connectivity index (χ0v) is 17.6. The second kappa shape index (κ2) is 8.27. The number of anilines is 1. The molecular formula is C19H18ClN3O4S2. The summed E-state index contributed by atoms with van der Waals surface area (Å²) in [5.41, 5.74) is 0.887. The molecule has 29 heavy (non-hydrogen) atoms. The molecule has 0 fully saturated rings. The second-order valence-corrected chi connectivity index (χ2v) is 10.3. The third-order valence-electron chi connectivity index (χ3n) is 4.53. The van der Waals surface area contributed by atoms with Gasteiger partial charge < -0.3 is 9.29 Å². The number of halogens is 1. The minimum absolute atomic E-state index is 0.197. The number of ether oxygens (including phenoxy) is 1. The van der Waals surface area contributed by atoms with E-state index < -0.39 is 26.6 Å². The zero-order chi connectivity index (χ0) is 20.4. The standard InChI is InChI=1S/C19H18ClN3O4S2/c20-15-5-6-18(28(24)8-7-13-11-21-22-12-13)16(10-15)23-29(25,26)19-9-14-3-1-2-4-17(14)27-19/h1-6,10-12,19,23H,7-9H2,(H,21,22). The SMILES string of the molecule is O=S(=O)(Nc1cc(Cl)ccc1[S+]([O-])CCc1cn[nH]c1)C1Cc2ccccc2O1. The van der Waals surface area contributed by atoms with Crippen LogP contribution in [0.25, 0.3) is 0 Å². The van der Waals surface area contributed by atoms with E-state index in [0.29, 0.717) is 27.8 Å². The second-order valence-electron chi connectivity index (χ2n) is 6.55. The highest BCUT2D eigenvalue weighted by atomic mass is 35.5. The Morgan fingerprint density at radius 1 is 1.31 bits per heavy atom. The van der Waals surface area contributed by atoms with Crippen molar-refractivity contribution in [1.29, 1.82) is 0 Å². The van der Waals surface area contributed by atoms with Crippen molar-refractivity contribution in [1.82, 2.24) is 10.2 Å². The smallest absolute Gasteiger partial charge is 0.271 e. The molecule has 0 amide bonds. The number of nitrogens with zero attached hydrogens (tertiary/aromatic N) is 1. The fraction of sp³-hybridized carbons (Fsp3) is 0.211. The maximum absolute atomic E-state index is 12.9. The van der Waals surface area contributed by atoms with Crippen LogP contribution in [-0.4, -0.2) is 34.4 Å². The van der Waals surface area contributed by atoms with Gasteiger partial charge >= 0.3 is 0 Å². The molecule has 2 atom stereocenters. The van der Waals surface area contributed by atoms with Gasteiger partial charge in [-0.25, -0.2) is 8.42 Å². The number of aromatic nitrogens is 2. The van der Waals surface area contributed by atoms with Gasteiger partial charge in [-0.1, -0.05) is 29.8 Å². The molecule has 2 aromatic carbocycles. The van der Waals surface area contributed by atoms with Gasteiger partial charge in [0.1, 0.15) is 17.2 Å². The zero-order valence-electron chi connectivity index (χ0n) is 15.2. The molecule has 2 heterocycles. The molecule has 0 spiro atoms. The van der Waals surface area contributed by atoms with Crippen LogP contribution in [0.1, 0.15) is 11.1 Å². The van der Waals surface area contributed by atoms with Crippen molar-refractivity contribution in [2.45, 2.75) is 23.2 Å². The van der Waals surface area contributed by atoms with E-state index in [2.05, 4.69) is 14.9 Å². The summed E-state index contributed by atoms with van der Waals surface area (Å²) < 4.78 is 46.8. The highest BCUT2D eigenvalue weighted by molar-refractivity contribution is 7.93. The molecule has 0 bridgehead atoms. The van der Waals surface area contributed by atoms with Gasteiger partial charge in [0.2, 0.25) is 5.44 Å². The summed E-state index contributed by atoms with van der Waals surface area (Å²) in [4.78, 5) is 0.372. The van der Waals surface area contributed by atoms with E-state index in [9.17, 15) is 13.0 Å². The molecule has 0 radical (unpaired) electrons. The molecular weight excluding hydrogens is 434 g/mol. The highest BCUT2D eigenvalue weighted by Crippen LogP contribution is 2.33. The van der Waals surface area contributed by atoms with Crippen LogP contribution in [0.2, 0.25) is 5.02 Å². The van der Waals surface area contributed by atoms with Gasteiger partial charge in [0.05, 0.1) is 6.20 Å². The highest BCUT2D eigenvalue weighted by Gasteiger charge is 2.35. The fourth-order valence-electron chi connectivity index (χ4n) is 3.06. The summed E-state index contributed by atoms with van der Waals surface area (Å²) in [6, 6.07) is 11.8. The van der Waals surface area contributed by atoms with Crippen molar-refractivity contribution in [3.63, 3.8) is 0 Å². The van der Waals surface area contributed by atoms with Crippen LogP contribution in [0.3, 0.4) is 0 Å². The van der Waals surface area contributed by atoms with E-state index in [0.717, 1.165) is 11.1 Å². The predicted molar refractivity (Wildman–Crippen MR) is 112 cm³/mol. The molecule has 0 saturated heterocycles. The minimum Gasteiger partial charge on any atom is -0.611 e. The maximum Gasteiger partial charge on any atom is 0.271 e. The molecule has 2 unspecified atom stereocenters. The van der Waals surface area contributed by atoms with Gasteiger partial charge in [-0.2, -0.15) is 5.10 Å². The number of para-hydroxylation sites is 1. The largest absolute Gasteiger partial charge is 0.611 e. The third-order valence-corrected chi connectivity index (χ3v) is 7.65. The summed E-state index contributed by atoms with van der Waals surface area (Å²) in [6.07, 6.45) is 4.18. The van der Waals surface area contributed by atoms with E-state index in [1.807, 2.05) is 12.1 Å². The number of aryl methyl sites for hydroxylation is 1. The summed E-state index contributed by atoms with van der Waals surface area (Å²) in [6.45, 7) is 0. The van der Waals surface area contributed by atoms with Crippen molar-refractivity contribution in [2.24, 2.45) is 0 Å². The number of aromatic amines is 1. The number of hydrogen-bond acceptors (Lipinski definition) is 5. The molecule has 0 saturated carbocycles. The Kier molecular flexibility index (Phi) is 5.73. The number of fused-ring (bicyclic) bond motifs is 1. The molecule has 4 rings (SSSR count). The summed E-state index contributed by atoms with van der Waals surface area (Å²) in [7, 11) is -3.89. The molecule has 7 nitrogen and oxygen atoms in total. The number of sulfonamides is 1. The quantitative estimate of drug-likeness (QED) is 0.536. The van der Waals surface area contributed by atoms with Crippen molar-refractivity contribution in [3.05, 3.63) is 71.0 Å². The van der Waals surface area contributed by atoms with Crippen LogP contribution >= 0.6 is 11.6 Å². The summed E-state index contributed by atoms with van der Waals surface area (Å²) in [5, 5.41) is 6.92. The lowest BCUT2D eigenvalue weighted by molar-refractivity contribution is 0.307. The van der Waals surface area contributed by atoms with Crippen LogP contribution < -0.4 is 9.46 Å². The Balaban J connectivity index is 1.52. The van der Waals surface area contributed by atoms with Gasteiger partial charge in [0.15, 0.2) is 4.90 Å². The van der Waals surface area contributed by atoms with Crippen molar-refractivity contribution < 1.29 is 17.7 Å². The topological polar surface area (TPSA) is 107 Å². The van der Waals surface area contributed by atoms with E-state index in [4.69, 9.17) is 16.3 Å². The van der Waals surface area contributed by atoms with E-state index in [1.54, 1.807) is 36.7 Å². The first-order chi connectivity index (χ1) is 13.9. The molecule has 152 valence electrons. The molecule has 1 aromatic heterocycles. The third kappa shape index (κ3) is 4.53. The number of H-pyrrole nitrogens is 1. The maximum atomic E-state index is 12.9. The van der Waals surface area contributed by atoms with Crippen molar-refractivity contribution in [3.8, 4) is 5.75 Å². The lowest BCUT2D eigenvalue weighted by Gasteiger charge is -2.18. The Hall–Kier alpha value is -2.20. The van der Waals surface area contributed by atoms with E-state index in [1.165, 1.54) is 6.07 Å². The monoisotopic (exact) mass is 451 g/mol. The normalized spacial score (nSPS) is 16.8. The van der Waals surface area contributed by atoms with Crippen molar-refractivity contribution >= 4 is 38.5 Å². The summed E-state index contributed by atoms with van der Waals surface area (Å²) in [5.74, 6) is 0.874. The van der Waals surface area contributed by atoms with Crippen LogP contribution in [0.5, 0.6) is 5.75 Å². The number of benzene rings is 2. The molecule has 10 heteroatoms. The fourth-order valence-corrected chi connectivity index (χ4v) is 5.75. The lowest BCUT2D eigenvalue weighted by Crippen LogP contribution is -2.32. The molecule has 1 aliphatic rings. The number of rotatable bonds is 7. The Bertz CT molecular complexity index is 1080. The minimum atomic E-state index is -3.89. The van der Waals surface area contributed by atoms with E-state index >= 15 is 0 Å². The molecule has 2 N–H and O–H groups in total. The first-order valence-electron chi connectivity index (χ1n) is 8.84. The van der Waals surface area contributed by atoms with Gasteiger partial charge in [-0.3, -0.25) is 9.82 Å². The van der Waals surface area contributed by atoms with Gasteiger partial charge in [-0.15, -0.1) is 0 Å². The van der Waals surface area contributed by atoms with Gasteiger partial charge in [0, 0.05) is 24.1 Å². The first kappa shape index (κ1) is 20.1. The molecule has 1 aliphatic heterocycles. The van der Waals surface area contributed by atoms with E-state index in [-0.39, 0.29) is 12.1 Å². The predicted octanol–water partition coefficient (Wildman–Crippen LogP) is 3.12. The van der Waals surface area contributed by atoms with Crippen LogP contribution in [-0.2, 0) is 34.0 Å². The van der Waals surface area contributed by atoms with Crippen molar-refractivity contribution in [2.75, 3.05) is 10.5 Å². The first-order valence-corrected chi connectivity index (χ1v) is 12.1. The average Bonchev–Trinajstić information content (AvgIpc) is 3.36. The van der Waals surface area contributed by atoms with Gasteiger partial charge in [0.25, 0.3) is 10.0 Å². The van der Waals surface area contributed by atoms with Crippen LogP contribution in [0, 0.1) is 0 Å². The number of hydrogen-bond donors (Lipinski definition) is 2. The molecule has 0 aliphatic carbocycles. The van der Waals surface area contributed by atoms with Gasteiger partial charge in [-0.05, 0) is 46.6 Å².